The molecule has 6 nitrogen and oxygen atoms in total. The summed E-state index contributed by atoms with van der Waals surface area (Å²) in [6.45, 7) is 1.80. The van der Waals surface area contributed by atoms with Crippen molar-refractivity contribution in [3.05, 3.63) is 81.3 Å². The van der Waals surface area contributed by atoms with E-state index in [2.05, 4.69) is 14.9 Å². The van der Waals surface area contributed by atoms with Crippen molar-refractivity contribution in [3.8, 4) is 5.75 Å². The van der Waals surface area contributed by atoms with Crippen LogP contribution in [0.1, 0.15) is 24.4 Å². The molecule has 35 heavy (non-hydrogen) atoms. The van der Waals surface area contributed by atoms with Crippen molar-refractivity contribution in [2.45, 2.75) is 29.8 Å². The molecule has 0 spiro atoms. The number of hydrogen-bond donors (Lipinski definition) is 2. The van der Waals surface area contributed by atoms with Gasteiger partial charge in [0.1, 0.15) is 12.4 Å². The number of ether oxygens (including phenoxy) is 1. The summed E-state index contributed by atoms with van der Waals surface area (Å²) in [6, 6.07) is 17.6. The maximum atomic E-state index is 13.3. The number of nitrogens with zero attached hydrogens (tertiary/aromatic N) is 1. The second-order valence-electron chi connectivity index (χ2n) is 8.63. The van der Waals surface area contributed by atoms with Crippen molar-refractivity contribution in [2.24, 2.45) is 0 Å². The van der Waals surface area contributed by atoms with Gasteiger partial charge in [-0.1, -0.05) is 46.9 Å². The summed E-state index contributed by atoms with van der Waals surface area (Å²) in [5.41, 5.74) is 2.68. The van der Waals surface area contributed by atoms with Crippen LogP contribution in [0.25, 0.3) is 0 Å². The molecule has 1 fully saturated rings. The number of benzene rings is 3. The van der Waals surface area contributed by atoms with Crippen LogP contribution >= 0.6 is 34.8 Å². The predicted molar refractivity (Wildman–Crippen MR) is 142 cm³/mol. The van der Waals surface area contributed by atoms with E-state index >= 15 is 0 Å². The Bertz CT molecular complexity index is 1340. The molecule has 10 heteroatoms. The molecule has 2 heterocycles. The Morgan fingerprint density at radius 3 is 2.51 bits per heavy atom. The number of rotatable bonds is 5. The molecular formula is C25H24Cl3N3O3S. The summed E-state index contributed by atoms with van der Waals surface area (Å²) < 4.78 is 35.1. The number of sulfonamides is 1. The highest BCUT2D eigenvalue weighted by Gasteiger charge is 2.33. The molecule has 0 saturated carbocycles. The molecule has 0 aliphatic carbocycles. The molecule has 184 valence electrons. The third-order valence-corrected chi connectivity index (χ3v) is 8.64. The van der Waals surface area contributed by atoms with Crippen molar-refractivity contribution in [2.75, 3.05) is 29.9 Å². The zero-order chi connectivity index (χ0) is 24.6. The van der Waals surface area contributed by atoms with Gasteiger partial charge in [0.25, 0.3) is 0 Å². The molecule has 0 amide bonds. The summed E-state index contributed by atoms with van der Waals surface area (Å²) in [6.07, 6.45) is 1.17. The minimum atomic E-state index is -3.74. The third-order valence-electron chi connectivity index (χ3n) is 6.34. The van der Waals surface area contributed by atoms with Crippen LogP contribution in [0.5, 0.6) is 5.75 Å². The van der Waals surface area contributed by atoms with Gasteiger partial charge in [0.15, 0.2) is 0 Å². The first-order chi connectivity index (χ1) is 16.8. The highest BCUT2D eigenvalue weighted by molar-refractivity contribution is 7.89. The normalized spacial score (nSPS) is 20.0. The highest BCUT2D eigenvalue weighted by atomic mass is 35.5. The Morgan fingerprint density at radius 2 is 1.74 bits per heavy atom. The minimum absolute atomic E-state index is 0.108. The van der Waals surface area contributed by atoms with Crippen LogP contribution in [0.3, 0.4) is 0 Å². The van der Waals surface area contributed by atoms with Gasteiger partial charge >= 0.3 is 0 Å². The number of piperidine rings is 1. The summed E-state index contributed by atoms with van der Waals surface area (Å²) in [5.74, 6) is 0.547. The third kappa shape index (κ3) is 5.34. The average Bonchev–Trinajstić information content (AvgIpc) is 2.84. The van der Waals surface area contributed by atoms with E-state index in [9.17, 15) is 8.42 Å². The smallest absolute Gasteiger partial charge is 0.240 e. The number of nitrogens with one attached hydrogen (secondary N) is 2. The van der Waals surface area contributed by atoms with E-state index in [0.29, 0.717) is 53.4 Å². The topological polar surface area (TPSA) is 70.7 Å². The van der Waals surface area contributed by atoms with Gasteiger partial charge in [-0.05, 0) is 60.9 Å². The van der Waals surface area contributed by atoms with Gasteiger partial charge in [-0.2, -0.15) is 0 Å². The first-order valence-electron chi connectivity index (χ1n) is 11.3. The number of anilines is 2. The lowest BCUT2D eigenvalue weighted by Crippen LogP contribution is -2.46. The maximum absolute atomic E-state index is 13.3. The van der Waals surface area contributed by atoms with E-state index in [-0.39, 0.29) is 17.0 Å². The average molecular weight is 553 g/mol. The van der Waals surface area contributed by atoms with Crippen molar-refractivity contribution < 1.29 is 13.2 Å². The predicted octanol–water partition coefficient (Wildman–Crippen LogP) is 6.14. The van der Waals surface area contributed by atoms with E-state index in [1.165, 1.54) is 0 Å². The lowest BCUT2D eigenvalue weighted by molar-refractivity contribution is 0.322. The first kappa shape index (κ1) is 24.5. The molecule has 2 N–H and O–H groups in total. The summed E-state index contributed by atoms with van der Waals surface area (Å²) in [5, 5.41) is 4.96. The van der Waals surface area contributed by atoms with Gasteiger partial charge in [0, 0.05) is 35.2 Å². The summed E-state index contributed by atoms with van der Waals surface area (Å²) in [4.78, 5) is 2.39. The van der Waals surface area contributed by atoms with E-state index in [0.717, 1.165) is 16.9 Å². The van der Waals surface area contributed by atoms with Gasteiger partial charge in [0.05, 0.1) is 27.3 Å². The Balaban J connectivity index is 1.41. The monoisotopic (exact) mass is 551 g/mol. The fourth-order valence-electron chi connectivity index (χ4n) is 4.65. The van der Waals surface area contributed by atoms with E-state index in [1.54, 1.807) is 24.3 Å². The van der Waals surface area contributed by atoms with Crippen molar-refractivity contribution in [3.63, 3.8) is 0 Å². The van der Waals surface area contributed by atoms with E-state index in [1.807, 2.05) is 36.4 Å². The van der Waals surface area contributed by atoms with Crippen molar-refractivity contribution in [1.29, 1.82) is 0 Å². The van der Waals surface area contributed by atoms with Crippen LogP contribution in [0.2, 0.25) is 15.1 Å². The molecule has 3 aromatic rings. The fourth-order valence-corrected chi connectivity index (χ4v) is 6.59. The molecule has 2 aliphatic rings. The van der Waals surface area contributed by atoms with Gasteiger partial charge in [-0.25, -0.2) is 13.1 Å². The molecule has 0 radical (unpaired) electrons. The lowest BCUT2D eigenvalue weighted by atomic mass is 9.91. The van der Waals surface area contributed by atoms with Crippen LogP contribution < -0.4 is 19.7 Å². The zero-order valence-electron chi connectivity index (χ0n) is 18.7. The Morgan fingerprint density at radius 1 is 0.971 bits per heavy atom. The highest BCUT2D eigenvalue weighted by Crippen LogP contribution is 2.40. The summed E-state index contributed by atoms with van der Waals surface area (Å²) in [7, 11) is -3.74. The van der Waals surface area contributed by atoms with Crippen molar-refractivity contribution in [1.82, 2.24) is 4.72 Å². The van der Waals surface area contributed by atoms with Crippen molar-refractivity contribution >= 4 is 56.2 Å². The molecule has 1 saturated heterocycles. The maximum Gasteiger partial charge on any atom is 0.240 e. The van der Waals surface area contributed by atoms with E-state index < -0.39 is 10.0 Å². The largest absolute Gasteiger partial charge is 0.490 e. The molecule has 0 aromatic heterocycles. The number of hydrogen-bond acceptors (Lipinski definition) is 5. The van der Waals surface area contributed by atoms with Gasteiger partial charge in [-0.15, -0.1) is 0 Å². The van der Waals surface area contributed by atoms with Gasteiger partial charge < -0.3 is 15.0 Å². The zero-order valence-corrected chi connectivity index (χ0v) is 21.8. The molecule has 0 bridgehead atoms. The Hall–Kier alpha value is -2.16. The fraction of sp³-hybridized carbons (Fsp3) is 0.280. The Labute approximate surface area is 220 Å². The molecule has 5 rings (SSSR count). The quantitative estimate of drug-likeness (QED) is 0.398. The van der Waals surface area contributed by atoms with Crippen LogP contribution in [-0.4, -0.2) is 34.2 Å². The van der Waals surface area contributed by atoms with Crippen LogP contribution in [0.15, 0.2) is 65.6 Å². The van der Waals surface area contributed by atoms with Crippen LogP contribution in [-0.2, 0) is 10.0 Å². The minimum Gasteiger partial charge on any atom is -0.490 e. The van der Waals surface area contributed by atoms with Gasteiger partial charge in [0.2, 0.25) is 10.0 Å². The number of halogens is 3. The second-order valence-corrected chi connectivity index (χ2v) is 11.6. The van der Waals surface area contributed by atoms with Crippen LogP contribution in [0.4, 0.5) is 11.4 Å². The SMILES string of the molecule is O=S(=O)(NC1CCN(c2ccc(Cl)cc2Cl)C(c2ccc(Cl)cc2)C1)c1ccc2c(c1)OCCN2. The molecule has 2 atom stereocenters. The molecule has 2 unspecified atom stereocenters. The second kappa shape index (κ2) is 10.1. The molecule has 3 aromatic carbocycles. The standard InChI is InChI=1S/C25H24Cl3N3O3S/c26-17-3-1-16(2-4-17)24-14-19(9-11-31(24)23-8-5-18(27)13-21(23)28)30-35(32,33)20-6-7-22-25(15-20)34-12-10-29-22/h1-8,13,15,19,24,29-30H,9-12,14H2. The first-order valence-corrected chi connectivity index (χ1v) is 13.9. The number of fused-ring (bicyclic) bond motifs is 1. The molecule has 2 aliphatic heterocycles. The summed E-state index contributed by atoms with van der Waals surface area (Å²) >= 11 is 18.8. The molecular weight excluding hydrogens is 529 g/mol. The Kier molecular flexibility index (Phi) is 7.06. The van der Waals surface area contributed by atoms with Gasteiger partial charge in [-0.3, -0.25) is 0 Å². The van der Waals surface area contributed by atoms with E-state index in [4.69, 9.17) is 39.5 Å². The van der Waals surface area contributed by atoms with Crippen LogP contribution in [0, 0.1) is 0 Å². The lowest BCUT2D eigenvalue weighted by Gasteiger charge is -2.42.